The largest absolute Gasteiger partial charge is 0.325 e. The van der Waals surface area contributed by atoms with Gasteiger partial charge in [-0.05, 0) is 54.6 Å². The Bertz CT molecular complexity index is 1200. The van der Waals surface area contributed by atoms with Gasteiger partial charge in [0.2, 0.25) is 15.9 Å². The van der Waals surface area contributed by atoms with Crippen LogP contribution in [-0.2, 0) is 14.8 Å². The number of nitrogens with zero attached hydrogens (tertiary/aromatic N) is 1. The van der Waals surface area contributed by atoms with Crippen molar-refractivity contribution in [2.75, 3.05) is 29.5 Å². The molecule has 0 spiro atoms. The van der Waals surface area contributed by atoms with E-state index < -0.39 is 28.5 Å². The first-order valence-corrected chi connectivity index (χ1v) is 11.3. The second-order valence-electron chi connectivity index (χ2n) is 6.79. The van der Waals surface area contributed by atoms with Crippen molar-refractivity contribution in [1.82, 2.24) is 4.31 Å². The highest BCUT2D eigenvalue weighted by molar-refractivity contribution is 7.89. The number of halogens is 1. The fraction of sp³-hybridized carbons (Fsp3) is 0.0909. The zero-order valence-corrected chi connectivity index (χ0v) is 18.7. The Morgan fingerprint density at radius 2 is 1.38 bits per heavy atom. The van der Waals surface area contributed by atoms with Gasteiger partial charge in [-0.15, -0.1) is 0 Å². The molecular formula is C22H21ClN4O4S. The van der Waals surface area contributed by atoms with Crippen molar-refractivity contribution in [1.29, 1.82) is 0 Å². The van der Waals surface area contributed by atoms with Crippen LogP contribution in [0.1, 0.15) is 0 Å². The minimum absolute atomic E-state index is 0.0350. The number of amides is 3. The van der Waals surface area contributed by atoms with Crippen LogP contribution < -0.4 is 16.0 Å². The van der Waals surface area contributed by atoms with Crippen LogP contribution in [0.4, 0.5) is 21.9 Å². The Morgan fingerprint density at radius 1 is 0.812 bits per heavy atom. The summed E-state index contributed by atoms with van der Waals surface area (Å²) in [6, 6.07) is 20.7. The highest BCUT2D eigenvalue weighted by atomic mass is 35.5. The molecule has 0 saturated carbocycles. The minimum atomic E-state index is -3.85. The summed E-state index contributed by atoms with van der Waals surface area (Å²) in [5, 5.41) is 8.41. The van der Waals surface area contributed by atoms with Crippen molar-refractivity contribution in [3.8, 4) is 0 Å². The summed E-state index contributed by atoms with van der Waals surface area (Å²) in [7, 11) is -2.53. The van der Waals surface area contributed by atoms with E-state index in [0.717, 1.165) is 4.31 Å². The van der Waals surface area contributed by atoms with E-state index in [0.29, 0.717) is 22.1 Å². The number of urea groups is 1. The Hall–Kier alpha value is -3.40. The lowest BCUT2D eigenvalue weighted by atomic mass is 10.2. The van der Waals surface area contributed by atoms with Crippen LogP contribution in [0.15, 0.2) is 83.8 Å². The highest BCUT2D eigenvalue weighted by Gasteiger charge is 2.23. The second-order valence-corrected chi connectivity index (χ2v) is 9.27. The van der Waals surface area contributed by atoms with E-state index in [2.05, 4.69) is 16.0 Å². The summed E-state index contributed by atoms with van der Waals surface area (Å²) in [4.78, 5) is 24.6. The van der Waals surface area contributed by atoms with E-state index in [1.807, 2.05) is 6.07 Å². The van der Waals surface area contributed by atoms with Crippen molar-refractivity contribution in [2.45, 2.75) is 4.90 Å². The summed E-state index contributed by atoms with van der Waals surface area (Å²) in [5.74, 6) is -0.532. The number of nitrogens with one attached hydrogen (secondary N) is 3. The maximum absolute atomic E-state index is 12.6. The zero-order chi connectivity index (χ0) is 23.1. The average molecular weight is 473 g/mol. The molecule has 3 amide bonds. The third-order valence-electron chi connectivity index (χ3n) is 4.32. The van der Waals surface area contributed by atoms with Gasteiger partial charge in [0, 0.05) is 29.1 Å². The standard InChI is InChI=1S/C22H21ClN4O4S/c1-27(32(30,31)20-12-10-16(23)11-13-20)15-21(28)24-18-8-5-9-19(14-18)26-22(29)25-17-6-3-2-4-7-17/h2-14H,15H2,1H3,(H,24,28)(H2,25,26,29). The SMILES string of the molecule is CN(CC(=O)Nc1cccc(NC(=O)Nc2ccccc2)c1)S(=O)(=O)c1ccc(Cl)cc1. The predicted octanol–water partition coefficient (Wildman–Crippen LogP) is 4.24. The number of para-hydroxylation sites is 1. The number of anilines is 3. The van der Waals surface area contributed by atoms with Gasteiger partial charge >= 0.3 is 6.03 Å². The molecule has 0 aliphatic carbocycles. The molecule has 3 rings (SSSR count). The maximum Gasteiger partial charge on any atom is 0.323 e. The first-order chi connectivity index (χ1) is 15.2. The fourth-order valence-corrected chi connectivity index (χ4v) is 4.02. The molecule has 0 saturated heterocycles. The summed E-state index contributed by atoms with van der Waals surface area (Å²) < 4.78 is 26.2. The third kappa shape index (κ3) is 6.30. The molecule has 0 unspecified atom stereocenters. The van der Waals surface area contributed by atoms with E-state index >= 15 is 0 Å². The van der Waals surface area contributed by atoms with E-state index in [9.17, 15) is 18.0 Å². The van der Waals surface area contributed by atoms with Crippen molar-refractivity contribution < 1.29 is 18.0 Å². The van der Waals surface area contributed by atoms with Crippen LogP contribution in [0.2, 0.25) is 5.02 Å². The van der Waals surface area contributed by atoms with E-state index in [-0.39, 0.29) is 4.90 Å². The van der Waals surface area contributed by atoms with Gasteiger partial charge in [-0.2, -0.15) is 4.31 Å². The van der Waals surface area contributed by atoms with Crippen LogP contribution in [0.3, 0.4) is 0 Å². The molecule has 3 aromatic carbocycles. The Kier molecular flexibility index (Phi) is 7.47. The third-order valence-corrected chi connectivity index (χ3v) is 6.39. The lowest BCUT2D eigenvalue weighted by Crippen LogP contribution is -2.35. The molecule has 0 aromatic heterocycles. The van der Waals surface area contributed by atoms with Gasteiger partial charge in [0.05, 0.1) is 11.4 Å². The molecule has 32 heavy (non-hydrogen) atoms. The van der Waals surface area contributed by atoms with Gasteiger partial charge in [0.15, 0.2) is 0 Å². The molecule has 3 N–H and O–H groups in total. The van der Waals surface area contributed by atoms with Gasteiger partial charge in [0.1, 0.15) is 0 Å². The van der Waals surface area contributed by atoms with Crippen molar-refractivity contribution in [3.05, 3.63) is 83.9 Å². The lowest BCUT2D eigenvalue weighted by Gasteiger charge is -2.17. The number of likely N-dealkylation sites (N-methyl/N-ethyl adjacent to an activating group) is 1. The van der Waals surface area contributed by atoms with Crippen LogP contribution in [0.25, 0.3) is 0 Å². The van der Waals surface area contributed by atoms with Crippen LogP contribution in [0, 0.1) is 0 Å². The quantitative estimate of drug-likeness (QED) is 0.478. The molecular weight excluding hydrogens is 452 g/mol. The molecule has 0 heterocycles. The highest BCUT2D eigenvalue weighted by Crippen LogP contribution is 2.19. The predicted molar refractivity (Wildman–Crippen MR) is 125 cm³/mol. The van der Waals surface area contributed by atoms with Crippen molar-refractivity contribution in [2.24, 2.45) is 0 Å². The second kappa shape index (κ2) is 10.3. The van der Waals surface area contributed by atoms with Crippen LogP contribution >= 0.6 is 11.6 Å². The molecule has 3 aromatic rings. The van der Waals surface area contributed by atoms with Crippen molar-refractivity contribution >= 4 is 50.6 Å². The molecule has 166 valence electrons. The summed E-state index contributed by atoms with van der Waals surface area (Å²) in [5.41, 5.74) is 1.50. The van der Waals surface area contributed by atoms with Gasteiger partial charge in [-0.25, -0.2) is 13.2 Å². The van der Waals surface area contributed by atoms with Crippen LogP contribution in [-0.4, -0.2) is 38.3 Å². The first kappa shape index (κ1) is 23.3. The number of hydrogen-bond donors (Lipinski definition) is 3. The molecule has 10 heteroatoms. The normalized spacial score (nSPS) is 11.1. The number of carbonyl (C=O) groups is 2. The molecule has 8 nitrogen and oxygen atoms in total. The number of sulfonamides is 1. The maximum atomic E-state index is 12.6. The number of benzene rings is 3. The van der Waals surface area contributed by atoms with Crippen LogP contribution in [0.5, 0.6) is 0 Å². The molecule has 0 radical (unpaired) electrons. The molecule has 0 bridgehead atoms. The number of carbonyl (C=O) groups excluding carboxylic acids is 2. The minimum Gasteiger partial charge on any atom is -0.325 e. The monoisotopic (exact) mass is 472 g/mol. The smallest absolute Gasteiger partial charge is 0.323 e. The topological polar surface area (TPSA) is 108 Å². The van der Waals surface area contributed by atoms with Gasteiger partial charge in [0.25, 0.3) is 0 Å². The molecule has 0 atom stereocenters. The summed E-state index contributed by atoms with van der Waals surface area (Å²) in [6.45, 7) is -0.392. The molecule has 0 aliphatic heterocycles. The fourth-order valence-electron chi connectivity index (χ4n) is 2.76. The van der Waals surface area contributed by atoms with Gasteiger partial charge in [-0.3, -0.25) is 4.79 Å². The number of hydrogen-bond acceptors (Lipinski definition) is 4. The lowest BCUT2D eigenvalue weighted by molar-refractivity contribution is -0.116. The van der Waals surface area contributed by atoms with Crippen molar-refractivity contribution in [3.63, 3.8) is 0 Å². The summed E-state index contributed by atoms with van der Waals surface area (Å²) in [6.07, 6.45) is 0. The molecule has 0 fully saturated rings. The van der Waals surface area contributed by atoms with Gasteiger partial charge in [-0.1, -0.05) is 35.9 Å². The zero-order valence-electron chi connectivity index (χ0n) is 17.1. The van der Waals surface area contributed by atoms with Gasteiger partial charge < -0.3 is 16.0 Å². The summed E-state index contributed by atoms with van der Waals surface area (Å²) >= 11 is 5.80. The first-order valence-electron chi connectivity index (χ1n) is 9.49. The Labute approximate surface area is 191 Å². The van der Waals surface area contributed by atoms with E-state index in [4.69, 9.17) is 11.6 Å². The van der Waals surface area contributed by atoms with E-state index in [1.54, 1.807) is 48.5 Å². The molecule has 0 aliphatic rings. The number of rotatable bonds is 7. The average Bonchev–Trinajstić information content (AvgIpc) is 2.74. The Morgan fingerprint density at radius 3 is 2.03 bits per heavy atom. The Balaban J connectivity index is 1.59. The van der Waals surface area contributed by atoms with E-state index in [1.165, 1.54) is 31.3 Å².